The second kappa shape index (κ2) is 6.11. The highest BCUT2D eigenvalue weighted by Gasteiger charge is 2.07. The highest BCUT2D eigenvalue weighted by Crippen LogP contribution is 2.23. The van der Waals surface area contributed by atoms with Gasteiger partial charge in [-0.3, -0.25) is 4.79 Å². The van der Waals surface area contributed by atoms with Crippen LogP contribution < -0.4 is 15.8 Å². The minimum absolute atomic E-state index is 0.127. The van der Waals surface area contributed by atoms with Crippen molar-refractivity contribution in [3.8, 4) is 5.75 Å². The molecule has 1 amide bonds. The number of amides is 1. The molecule has 2 aromatic rings. The van der Waals surface area contributed by atoms with Gasteiger partial charge in [0.2, 0.25) is 0 Å². The Morgan fingerprint density at radius 3 is 2.58 bits per heavy atom. The molecular formula is C14H13ClN2O2. The normalized spacial score (nSPS) is 9.95. The zero-order chi connectivity index (χ0) is 13.7. The summed E-state index contributed by atoms with van der Waals surface area (Å²) in [6, 6.07) is 14.0. The van der Waals surface area contributed by atoms with Crippen LogP contribution in [0.1, 0.15) is 0 Å². The second-order valence-corrected chi connectivity index (χ2v) is 4.26. The summed E-state index contributed by atoms with van der Waals surface area (Å²) in [6.07, 6.45) is 0. The zero-order valence-corrected chi connectivity index (χ0v) is 10.9. The molecule has 0 saturated heterocycles. The Balaban J connectivity index is 1.92. The molecule has 4 nitrogen and oxygen atoms in total. The van der Waals surface area contributed by atoms with E-state index in [1.54, 1.807) is 48.5 Å². The fourth-order valence-corrected chi connectivity index (χ4v) is 1.69. The van der Waals surface area contributed by atoms with Crippen LogP contribution in [-0.4, -0.2) is 12.5 Å². The summed E-state index contributed by atoms with van der Waals surface area (Å²) in [5.41, 5.74) is 6.80. The van der Waals surface area contributed by atoms with Gasteiger partial charge in [-0.2, -0.15) is 0 Å². The van der Waals surface area contributed by atoms with Crippen molar-refractivity contribution >= 4 is 28.9 Å². The molecular weight excluding hydrogens is 264 g/mol. The zero-order valence-electron chi connectivity index (χ0n) is 10.1. The number of hydrogen-bond donors (Lipinski definition) is 2. The summed E-state index contributed by atoms with van der Waals surface area (Å²) < 4.78 is 5.33. The van der Waals surface area contributed by atoms with Gasteiger partial charge in [-0.25, -0.2) is 0 Å². The molecule has 0 radical (unpaired) electrons. The van der Waals surface area contributed by atoms with Crippen molar-refractivity contribution in [2.75, 3.05) is 17.7 Å². The maximum absolute atomic E-state index is 11.7. The minimum atomic E-state index is -0.294. The van der Waals surface area contributed by atoms with Crippen LogP contribution in [0.5, 0.6) is 5.75 Å². The Kier molecular flexibility index (Phi) is 4.26. The van der Waals surface area contributed by atoms with E-state index in [9.17, 15) is 4.79 Å². The molecule has 0 saturated carbocycles. The Morgan fingerprint density at radius 2 is 1.84 bits per heavy atom. The largest absolute Gasteiger partial charge is 0.482 e. The smallest absolute Gasteiger partial charge is 0.262 e. The van der Waals surface area contributed by atoms with E-state index < -0.39 is 0 Å². The van der Waals surface area contributed by atoms with E-state index in [0.29, 0.717) is 22.1 Å². The fraction of sp³-hybridized carbons (Fsp3) is 0.0714. The van der Waals surface area contributed by atoms with Gasteiger partial charge in [0.25, 0.3) is 5.91 Å². The molecule has 0 spiro atoms. The van der Waals surface area contributed by atoms with Crippen LogP contribution >= 0.6 is 11.6 Å². The third-order valence-electron chi connectivity index (χ3n) is 2.43. The van der Waals surface area contributed by atoms with Gasteiger partial charge in [0.05, 0.1) is 16.4 Å². The molecule has 0 heterocycles. The first-order valence-corrected chi connectivity index (χ1v) is 6.06. The van der Waals surface area contributed by atoms with Gasteiger partial charge in [0.15, 0.2) is 6.61 Å². The Hall–Kier alpha value is -2.20. The maximum Gasteiger partial charge on any atom is 0.262 e. The quantitative estimate of drug-likeness (QED) is 0.844. The molecule has 3 N–H and O–H groups in total. The molecule has 0 aliphatic rings. The van der Waals surface area contributed by atoms with Crippen LogP contribution in [0.4, 0.5) is 11.4 Å². The number of nitrogen functional groups attached to an aromatic ring is 1. The predicted molar refractivity (Wildman–Crippen MR) is 76.4 cm³/mol. The summed E-state index contributed by atoms with van der Waals surface area (Å²) in [4.78, 5) is 11.7. The number of nitrogens with two attached hydrogens (primary N) is 1. The van der Waals surface area contributed by atoms with E-state index in [-0.39, 0.29) is 12.5 Å². The average Bonchev–Trinajstić information content (AvgIpc) is 2.40. The molecule has 19 heavy (non-hydrogen) atoms. The van der Waals surface area contributed by atoms with Crippen LogP contribution in [-0.2, 0) is 4.79 Å². The molecule has 0 aliphatic heterocycles. The first kappa shape index (κ1) is 13.2. The second-order valence-electron chi connectivity index (χ2n) is 3.85. The highest BCUT2D eigenvalue weighted by atomic mass is 35.5. The molecule has 0 aliphatic carbocycles. The molecule has 0 bridgehead atoms. The van der Waals surface area contributed by atoms with Crippen LogP contribution in [0, 0.1) is 0 Å². The van der Waals surface area contributed by atoms with Crippen molar-refractivity contribution in [2.24, 2.45) is 0 Å². The van der Waals surface area contributed by atoms with Crippen LogP contribution in [0.2, 0.25) is 5.02 Å². The summed E-state index contributed by atoms with van der Waals surface area (Å²) in [6.45, 7) is -0.127. The SMILES string of the molecule is Nc1ccccc1NC(=O)COc1ccccc1Cl. The third kappa shape index (κ3) is 3.63. The van der Waals surface area contributed by atoms with Gasteiger partial charge in [0.1, 0.15) is 5.75 Å². The topological polar surface area (TPSA) is 64.3 Å². The van der Waals surface area contributed by atoms with Crippen molar-refractivity contribution in [3.05, 3.63) is 53.6 Å². The van der Waals surface area contributed by atoms with Gasteiger partial charge < -0.3 is 15.8 Å². The number of rotatable bonds is 4. The summed E-state index contributed by atoms with van der Waals surface area (Å²) in [7, 11) is 0. The Labute approximate surface area is 116 Å². The Morgan fingerprint density at radius 1 is 1.16 bits per heavy atom. The van der Waals surface area contributed by atoms with Crippen molar-refractivity contribution in [1.29, 1.82) is 0 Å². The monoisotopic (exact) mass is 276 g/mol. The lowest BCUT2D eigenvalue weighted by Crippen LogP contribution is -2.20. The number of halogens is 1. The number of para-hydroxylation sites is 3. The van der Waals surface area contributed by atoms with E-state index in [1.807, 2.05) is 0 Å². The first-order chi connectivity index (χ1) is 9.16. The summed E-state index contributed by atoms with van der Waals surface area (Å²) in [5.74, 6) is 0.179. The molecule has 0 aromatic heterocycles. The van der Waals surface area contributed by atoms with Crippen LogP contribution in [0.25, 0.3) is 0 Å². The standard InChI is InChI=1S/C14H13ClN2O2/c15-10-5-1-4-8-13(10)19-9-14(18)17-12-7-3-2-6-11(12)16/h1-8H,9,16H2,(H,17,18). The van der Waals surface area contributed by atoms with Gasteiger partial charge in [-0.1, -0.05) is 35.9 Å². The lowest BCUT2D eigenvalue weighted by atomic mass is 10.3. The number of ether oxygens (including phenoxy) is 1. The van der Waals surface area contributed by atoms with Gasteiger partial charge in [-0.05, 0) is 24.3 Å². The lowest BCUT2D eigenvalue weighted by molar-refractivity contribution is -0.118. The predicted octanol–water partition coefficient (Wildman–Crippen LogP) is 2.94. The number of carbonyl (C=O) groups excluding carboxylic acids is 1. The number of nitrogens with one attached hydrogen (secondary N) is 1. The maximum atomic E-state index is 11.7. The van der Waals surface area contributed by atoms with Crippen molar-refractivity contribution in [1.82, 2.24) is 0 Å². The van der Waals surface area contributed by atoms with Crippen molar-refractivity contribution < 1.29 is 9.53 Å². The van der Waals surface area contributed by atoms with Crippen LogP contribution in [0.3, 0.4) is 0 Å². The number of carbonyl (C=O) groups is 1. The van der Waals surface area contributed by atoms with E-state index in [2.05, 4.69) is 5.32 Å². The van der Waals surface area contributed by atoms with E-state index in [0.717, 1.165) is 0 Å². The first-order valence-electron chi connectivity index (χ1n) is 5.68. The highest BCUT2D eigenvalue weighted by molar-refractivity contribution is 6.32. The molecule has 2 rings (SSSR count). The third-order valence-corrected chi connectivity index (χ3v) is 2.74. The molecule has 0 atom stereocenters. The Bertz CT molecular complexity index is 587. The minimum Gasteiger partial charge on any atom is -0.482 e. The molecule has 5 heteroatoms. The van der Waals surface area contributed by atoms with E-state index >= 15 is 0 Å². The molecule has 0 fully saturated rings. The molecule has 98 valence electrons. The van der Waals surface area contributed by atoms with Crippen molar-refractivity contribution in [3.63, 3.8) is 0 Å². The lowest BCUT2D eigenvalue weighted by Gasteiger charge is -2.09. The number of anilines is 2. The van der Waals surface area contributed by atoms with Gasteiger partial charge in [-0.15, -0.1) is 0 Å². The average molecular weight is 277 g/mol. The molecule has 0 unspecified atom stereocenters. The fourth-order valence-electron chi connectivity index (χ4n) is 1.50. The van der Waals surface area contributed by atoms with Gasteiger partial charge >= 0.3 is 0 Å². The molecule has 2 aromatic carbocycles. The summed E-state index contributed by atoms with van der Waals surface area (Å²) in [5, 5.41) is 3.14. The van der Waals surface area contributed by atoms with E-state index in [4.69, 9.17) is 22.1 Å². The number of benzene rings is 2. The summed E-state index contributed by atoms with van der Waals surface area (Å²) >= 11 is 5.92. The van der Waals surface area contributed by atoms with Crippen LogP contribution in [0.15, 0.2) is 48.5 Å². The number of hydrogen-bond acceptors (Lipinski definition) is 3. The van der Waals surface area contributed by atoms with Gasteiger partial charge in [0, 0.05) is 0 Å². The van der Waals surface area contributed by atoms with E-state index in [1.165, 1.54) is 0 Å². The van der Waals surface area contributed by atoms with Crippen molar-refractivity contribution in [2.45, 2.75) is 0 Å².